The molecule has 0 spiro atoms. The van der Waals surface area contributed by atoms with Gasteiger partial charge in [-0.15, -0.1) is 0 Å². The maximum atomic E-state index is 14.1. The fourth-order valence-corrected chi connectivity index (χ4v) is 2.60. The molecule has 0 aliphatic heterocycles. The number of aromatic nitrogens is 2. The van der Waals surface area contributed by atoms with Gasteiger partial charge in [-0.25, -0.2) is 4.39 Å². The van der Waals surface area contributed by atoms with Crippen molar-refractivity contribution < 1.29 is 9.50 Å². The molecule has 0 amide bonds. The number of anilines is 2. The normalized spacial score (nSPS) is 11.0. The summed E-state index contributed by atoms with van der Waals surface area (Å²) in [5.41, 5.74) is 1.37. The third kappa shape index (κ3) is 3.14. The van der Waals surface area contributed by atoms with Crippen molar-refractivity contribution in [3.8, 4) is 0 Å². The average Bonchev–Trinajstić information content (AvgIpc) is 2.57. The maximum Gasteiger partial charge on any atom is 0.260 e. The van der Waals surface area contributed by atoms with Gasteiger partial charge in [0, 0.05) is 30.9 Å². The second kappa shape index (κ2) is 6.80. The minimum absolute atomic E-state index is 0.0144. The van der Waals surface area contributed by atoms with Gasteiger partial charge >= 0.3 is 0 Å². The highest BCUT2D eigenvalue weighted by molar-refractivity contribution is 5.93. The lowest BCUT2D eigenvalue weighted by atomic mass is 10.1. The van der Waals surface area contributed by atoms with Gasteiger partial charge in [-0.3, -0.25) is 9.78 Å². The lowest BCUT2D eigenvalue weighted by Crippen LogP contribution is -2.21. The number of nitrogens with zero attached hydrogens (tertiary/aromatic N) is 2. The molecule has 2 aromatic heterocycles. The van der Waals surface area contributed by atoms with Crippen LogP contribution in [0.15, 0.2) is 47.7 Å². The summed E-state index contributed by atoms with van der Waals surface area (Å²) in [6, 6.07) is 6.65. The van der Waals surface area contributed by atoms with E-state index in [-0.39, 0.29) is 18.0 Å². The van der Waals surface area contributed by atoms with E-state index in [0.717, 1.165) is 5.56 Å². The second-order valence-corrected chi connectivity index (χ2v) is 5.65. The molecule has 0 saturated carbocycles. The highest BCUT2D eigenvalue weighted by atomic mass is 19.1. The number of fused-ring (bicyclic) bond motifs is 1. The minimum atomic E-state index is -0.386. The molecule has 0 unspecified atom stereocenters. The van der Waals surface area contributed by atoms with Crippen LogP contribution in [0.25, 0.3) is 10.8 Å². The molecule has 0 bridgehead atoms. The van der Waals surface area contributed by atoms with E-state index in [0.29, 0.717) is 35.1 Å². The van der Waals surface area contributed by atoms with E-state index in [4.69, 9.17) is 5.11 Å². The molecule has 2 N–H and O–H groups in total. The first-order valence-corrected chi connectivity index (χ1v) is 7.71. The Morgan fingerprint density at radius 1 is 1.25 bits per heavy atom. The van der Waals surface area contributed by atoms with Crippen molar-refractivity contribution in [3.05, 3.63) is 64.6 Å². The van der Waals surface area contributed by atoms with E-state index >= 15 is 0 Å². The van der Waals surface area contributed by atoms with Gasteiger partial charge in [0.2, 0.25) is 0 Å². The molecular formula is C18H18FN3O2. The molecule has 24 heavy (non-hydrogen) atoms. The van der Waals surface area contributed by atoms with Gasteiger partial charge in [-0.2, -0.15) is 0 Å². The SMILES string of the molecule is Cc1ccc(Nc2cncc3ccn(CCCO)c(=O)c23)c(F)c1. The Hall–Kier alpha value is -2.73. The second-order valence-electron chi connectivity index (χ2n) is 5.65. The molecule has 1 aromatic carbocycles. The Kier molecular flexibility index (Phi) is 4.57. The van der Waals surface area contributed by atoms with Crippen molar-refractivity contribution in [2.75, 3.05) is 11.9 Å². The van der Waals surface area contributed by atoms with Crippen LogP contribution in [0, 0.1) is 12.7 Å². The predicted octanol–water partition coefficient (Wildman–Crippen LogP) is 2.97. The fourth-order valence-electron chi connectivity index (χ4n) is 2.60. The largest absolute Gasteiger partial charge is 0.396 e. The number of aliphatic hydroxyl groups is 1. The Bertz CT molecular complexity index is 937. The summed E-state index contributed by atoms with van der Waals surface area (Å²) in [5.74, 6) is -0.386. The number of rotatable bonds is 5. The minimum Gasteiger partial charge on any atom is -0.396 e. The standard InChI is InChI=1S/C18H18FN3O2/c1-12-3-4-15(14(19)9-12)21-16-11-20-10-13-5-7-22(6-2-8-23)18(24)17(13)16/h3-5,7,9-11,21,23H,2,6,8H2,1H3. The highest BCUT2D eigenvalue weighted by Gasteiger charge is 2.10. The fraction of sp³-hybridized carbons (Fsp3) is 0.222. The van der Waals surface area contributed by atoms with Crippen LogP contribution in [0.2, 0.25) is 0 Å². The number of aliphatic hydroxyl groups excluding tert-OH is 1. The van der Waals surface area contributed by atoms with Crippen molar-refractivity contribution in [3.63, 3.8) is 0 Å². The van der Waals surface area contributed by atoms with Crippen LogP contribution in [0.1, 0.15) is 12.0 Å². The first kappa shape index (κ1) is 16.1. The number of pyridine rings is 2. The quantitative estimate of drug-likeness (QED) is 0.756. The van der Waals surface area contributed by atoms with Gasteiger partial charge in [0.25, 0.3) is 5.56 Å². The van der Waals surface area contributed by atoms with Crippen molar-refractivity contribution in [1.29, 1.82) is 0 Å². The Balaban J connectivity index is 2.08. The zero-order chi connectivity index (χ0) is 17.1. The molecule has 124 valence electrons. The predicted molar refractivity (Wildman–Crippen MR) is 92.1 cm³/mol. The summed E-state index contributed by atoms with van der Waals surface area (Å²) in [5, 5.41) is 13.0. The van der Waals surface area contributed by atoms with Crippen molar-refractivity contribution >= 4 is 22.1 Å². The van der Waals surface area contributed by atoms with Crippen molar-refractivity contribution in [1.82, 2.24) is 9.55 Å². The van der Waals surface area contributed by atoms with E-state index in [1.54, 1.807) is 30.6 Å². The Morgan fingerprint density at radius 3 is 2.83 bits per heavy atom. The van der Waals surface area contributed by atoms with Crippen molar-refractivity contribution in [2.24, 2.45) is 0 Å². The van der Waals surface area contributed by atoms with Crippen molar-refractivity contribution in [2.45, 2.75) is 19.9 Å². The monoisotopic (exact) mass is 327 g/mol. The van der Waals surface area contributed by atoms with Crippen LogP contribution in [-0.4, -0.2) is 21.3 Å². The Labute approximate surface area is 138 Å². The molecule has 0 atom stereocenters. The first-order valence-electron chi connectivity index (χ1n) is 7.71. The Morgan fingerprint density at radius 2 is 2.08 bits per heavy atom. The third-order valence-corrected chi connectivity index (χ3v) is 3.84. The lowest BCUT2D eigenvalue weighted by molar-refractivity contribution is 0.279. The lowest BCUT2D eigenvalue weighted by Gasteiger charge is -2.12. The zero-order valence-electron chi connectivity index (χ0n) is 13.3. The number of halogens is 1. The molecular weight excluding hydrogens is 309 g/mol. The summed E-state index contributed by atoms with van der Waals surface area (Å²) >= 11 is 0. The smallest absolute Gasteiger partial charge is 0.260 e. The van der Waals surface area contributed by atoms with Crippen LogP contribution in [-0.2, 0) is 6.54 Å². The molecule has 0 saturated heterocycles. The van der Waals surface area contributed by atoms with Gasteiger partial charge < -0.3 is 15.0 Å². The molecule has 0 radical (unpaired) electrons. The summed E-state index contributed by atoms with van der Waals surface area (Å²) in [6.07, 6.45) is 5.29. The molecule has 2 heterocycles. The van der Waals surface area contributed by atoms with Gasteiger partial charge in [-0.1, -0.05) is 6.07 Å². The molecule has 0 aliphatic rings. The molecule has 0 aliphatic carbocycles. The average molecular weight is 327 g/mol. The van der Waals surface area contributed by atoms with Gasteiger partial charge in [0.1, 0.15) is 5.82 Å². The van der Waals surface area contributed by atoms with E-state index < -0.39 is 0 Å². The first-order chi connectivity index (χ1) is 11.6. The van der Waals surface area contributed by atoms with E-state index in [1.807, 2.05) is 6.92 Å². The highest BCUT2D eigenvalue weighted by Crippen LogP contribution is 2.25. The number of nitrogens with one attached hydrogen (secondary N) is 1. The van der Waals surface area contributed by atoms with Gasteiger partial charge in [0.05, 0.1) is 23.0 Å². The molecule has 3 rings (SSSR count). The zero-order valence-corrected chi connectivity index (χ0v) is 13.3. The van der Waals surface area contributed by atoms with Crippen LogP contribution in [0.4, 0.5) is 15.8 Å². The number of aryl methyl sites for hydroxylation is 2. The molecule has 6 heteroatoms. The van der Waals surface area contributed by atoms with E-state index in [9.17, 15) is 9.18 Å². The van der Waals surface area contributed by atoms with Gasteiger partial charge in [0.15, 0.2) is 0 Å². The van der Waals surface area contributed by atoms with Crippen LogP contribution < -0.4 is 10.9 Å². The van der Waals surface area contributed by atoms with Crippen LogP contribution in [0.3, 0.4) is 0 Å². The number of benzene rings is 1. The summed E-state index contributed by atoms with van der Waals surface area (Å²) in [4.78, 5) is 16.8. The summed E-state index contributed by atoms with van der Waals surface area (Å²) < 4.78 is 15.6. The number of hydrogen-bond donors (Lipinski definition) is 2. The number of hydrogen-bond acceptors (Lipinski definition) is 4. The summed E-state index contributed by atoms with van der Waals surface area (Å²) in [7, 11) is 0. The van der Waals surface area contributed by atoms with Crippen LogP contribution in [0.5, 0.6) is 0 Å². The topological polar surface area (TPSA) is 67.2 Å². The molecule has 0 fully saturated rings. The van der Waals surface area contributed by atoms with Crippen LogP contribution >= 0.6 is 0 Å². The maximum absolute atomic E-state index is 14.1. The molecule has 3 aromatic rings. The van der Waals surface area contributed by atoms with E-state index in [1.165, 1.54) is 16.8 Å². The van der Waals surface area contributed by atoms with E-state index in [2.05, 4.69) is 10.3 Å². The third-order valence-electron chi connectivity index (χ3n) is 3.84. The molecule has 5 nitrogen and oxygen atoms in total. The summed E-state index contributed by atoms with van der Waals surface area (Å²) in [6.45, 7) is 2.25. The van der Waals surface area contributed by atoms with Gasteiger partial charge in [-0.05, 0) is 37.1 Å².